The number of fused-ring (bicyclic) bond motifs is 10. The normalized spacial score (nSPS) is 14.0. The standard InChI is InChI=1S/C66H49BN2O/c1-42-21-14-15-28-48(42)44-39-53-50-30-20-32-55-63(50)69(57-33-18-17-31-54(57)66(55,45-24-10-6-11-25-45)46-26-12-7-13-27-46)67-61(53)59(40-44)68(58-38-36-51-49-29-16-19-34-60(49)70-64(51)62(58)67)56-37-35-47(65(2,3)4)41-52(56)43-22-8-5-9-23-43/h5-41H,1-4H3. The maximum Gasteiger partial charge on any atom is 0.336 e. The Morgan fingerprint density at radius 1 is 0.443 bits per heavy atom. The second-order valence-corrected chi connectivity index (χ2v) is 20.4. The van der Waals surface area contributed by atoms with Gasteiger partial charge in [0.1, 0.15) is 11.2 Å². The van der Waals surface area contributed by atoms with Crippen LogP contribution in [0.2, 0.25) is 0 Å². The smallest absolute Gasteiger partial charge is 0.336 e. The fraction of sp³-hybridized carbons (Fsp3) is 0.0909. The predicted octanol–water partition coefficient (Wildman–Crippen LogP) is 15.9. The molecular weight excluding hydrogens is 848 g/mol. The van der Waals surface area contributed by atoms with Crippen molar-refractivity contribution in [3.63, 3.8) is 0 Å². The first-order valence-corrected chi connectivity index (χ1v) is 24.6. The third kappa shape index (κ3) is 5.65. The number of rotatable bonds is 5. The van der Waals surface area contributed by atoms with E-state index >= 15 is 0 Å². The van der Waals surface area contributed by atoms with E-state index in [1.54, 1.807) is 0 Å². The number of nitrogens with zero attached hydrogens (tertiary/aromatic N) is 2. The molecule has 4 heterocycles. The molecule has 10 aromatic carbocycles. The molecule has 1 aromatic heterocycles. The SMILES string of the molecule is Cc1ccccc1-c1cc2c3c(c1)N(c1ccc(C(C)(C)C)cc1-c1ccccc1)c1ccc4c(oc5ccccc54)c1B3N1c3ccccc3C(c3ccccc3)(c3ccccc3)c3cccc-2c31. The number of furan rings is 1. The van der Waals surface area contributed by atoms with Crippen LogP contribution in [0.1, 0.15) is 54.2 Å². The largest absolute Gasteiger partial charge is 0.456 e. The molecule has 0 bridgehead atoms. The van der Waals surface area contributed by atoms with Crippen molar-refractivity contribution in [2.75, 3.05) is 9.71 Å². The van der Waals surface area contributed by atoms with Gasteiger partial charge in [0.25, 0.3) is 0 Å². The van der Waals surface area contributed by atoms with Crippen molar-refractivity contribution in [1.29, 1.82) is 0 Å². The van der Waals surface area contributed by atoms with Crippen LogP contribution in [-0.4, -0.2) is 6.85 Å². The van der Waals surface area contributed by atoms with Gasteiger partial charge in [-0.3, -0.25) is 0 Å². The Bertz CT molecular complexity index is 3870. The van der Waals surface area contributed by atoms with Crippen molar-refractivity contribution in [2.45, 2.75) is 38.5 Å². The number of benzene rings is 10. The fourth-order valence-electron chi connectivity index (χ4n) is 12.5. The Balaban J connectivity index is 1.18. The van der Waals surface area contributed by atoms with Gasteiger partial charge >= 0.3 is 6.85 Å². The average Bonchev–Trinajstić information content (AvgIpc) is 3.79. The van der Waals surface area contributed by atoms with Gasteiger partial charge in [-0.05, 0) is 122 Å². The van der Waals surface area contributed by atoms with Crippen molar-refractivity contribution in [1.82, 2.24) is 0 Å². The minimum Gasteiger partial charge on any atom is -0.456 e. The van der Waals surface area contributed by atoms with Gasteiger partial charge in [0.05, 0.1) is 11.1 Å². The van der Waals surface area contributed by atoms with Gasteiger partial charge in [-0.1, -0.05) is 197 Å². The molecule has 0 atom stereocenters. The molecule has 0 fully saturated rings. The highest BCUT2D eigenvalue weighted by Crippen LogP contribution is 2.61. The van der Waals surface area contributed by atoms with Crippen molar-refractivity contribution in [3.8, 4) is 33.4 Å². The minimum absolute atomic E-state index is 0.0604. The van der Waals surface area contributed by atoms with Crippen molar-refractivity contribution in [3.05, 3.63) is 258 Å². The average molecular weight is 897 g/mol. The molecule has 0 aliphatic carbocycles. The highest BCUT2D eigenvalue weighted by Gasteiger charge is 2.54. The topological polar surface area (TPSA) is 19.6 Å². The molecule has 0 radical (unpaired) electrons. The number of aryl methyl sites for hydroxylation is 1. The summed E-state index contributed by atoms with van der Waals surface area (Å²) < 4.78 is 7.28. The van der Waals surface area contributed by atoms with Crippen molar-refractivity contribution < 1.29 is 4.42 Å². The van der Waals surface area contributed by atoms with Crippen LogP contribution < -0.4 is 20.6 Å². The summed E-state index contributed by atoms with van der Waals surface area (Å²) in [5, 5.41) is 2.24. The van der Waals surface area contributed by atoms with E-state index in [2.05, 4.69) is 262 Å². The van der Waals surface area contributed by atoms with Crippen LogP contribution in [-0.2, 0) is 10.8 Å². The van der Waals surface area contributed by atoms with E-state index < -0.39 is 5.41 Å². The lowest BCUT2D eigenvalue weighted by atomic mass is 9.41. The molecule has 3 aliphatic heterocycles. The third-order valence-electron chi connectivity index (χ3n) is 15.6. The van der Waals surface area contributed by atoms with Gasteiger partial charge in [0.15, 0.2) is 0 Å². The molecule has 14 rings (SSSR count). The summed E-state index contributed by atoms with van der Waals surface area (Å²) in [4.78, 5) is 5.28. The van der Waals surface area contributed by atoms with Gasteiger partial charge in [0, 0.05) is 50.1 Å². The summed E-state index contributed by atoms with van der Waals surface area (Å²) >= 11 is 0. The molecule has 70 heavy (non-hydrogen) atoms. The zero-order chi connectivity index (χ0) is 46.9. The number of para-hydroxylation sites is 3. The number of anilines is 5. The molecule has 3 aliphatic rings. The van der Waals surface area contributed by atoms with E-state index in [1.165, 1.54) is 89.3 Å². The molecule has 0 N–H and O–H groups in total. The van der Waals surface area contributed by atoms with Crippen molar-refractivity contribution >= 4 is 68.1 Å². The van der Waals surface area contributed by atoms with E-state index in [0.29, 0.717) is 0 Å². The minimum atomic E-state index is -0.622. The molecule has 0 saturated heterocycles. The summed E-state index contributed by atoms with van der Waals surface area (Å²) in [6.07, 6.45) is 0. The van der Waals surface area contributed by atoms with Crippen LogP contribution in [0.25, 0.3) is 55.3 Å². The van der Waals surface area contributed by atoms with E-state index in [9.17, 15) is 0 Å². The maximum atomic E-state index is 7.28. The zero-order valence-electron chi connectivity index (χ0n) is 39.7. The summed E-state index contributed by atoms with van der Waals surface area (Å²) in [7, 11) is 0. The lowest BCUT2D eigenvalue weighted by Crippen LogP contribution is -2.63. The molecule has 4 heteroatoms. The molecule has 0 spiro atoms. The predicted molar refractivity (Wildman–Crippen MR) is 294 cm³/mol. The molecule has 11 aromatic rings. The monoisotopic (exact) mass is 896 g/mol. The fourth-order valence-corrected chi connectivity index (χ4v) is 12.5. The van der Waals surface area contributed by atoms with E-state index in [-0.39, 0.29) is 12.3 Å². The molecule has 0 amide bonds. The van der Waals surface area contributed by atoms with E-state index in [0.717, 1.165) is 38.8 Å². The van der Waals surface area contributed by atoms with Crippen LogP contribution >= 0.6 is 0 Å². The van der Waals surface area contributed by atoms with Gasteiger partial charge in [-0.15, -0.1) is 0 Å². The number of hydrogen-bond acceptors (Lipinski definition) is 3. The highest BCUT2D eigenvalue weighted by atomic mass is 16.3. The molecule has 3 nitrogen and oxygen atoms in total. The Kier molecular flexibility index (Phi) is 8.77. The van der Waals surface area contributed by atoms with Gasteiger partial charge in [0.2, 0.25) is 0 Å². The van der Waals surface area contributed by atoms with Gasteiger partial charge in [-0.2, -0.15) is 0 Å². The highest BCUT2D eigenvalue weighted by molar-refractivity contribution is 6.95. The van der Waals surface area contributed by atoms with Crippen LogP contribution in [0.5, 0.6) is 0 Å². The first-order chi connectivity index (χ1) is 34.3. The lowest BCUT2D eigenvalue weighted by Gasteiger charge is -2.53. The van der Waals surface area contributed by atoms with Crippen LogP contribution in [0.3, 0.4) is 0 Å². The van der Waals surface area contributed by atoms with E-state index in [4.69, 9.17) is 4.42 Å². The van der Waals surface area contributed by atoms with Crippen LogP contribution in [0.15, 0.2) is 229 Å². The Morgan fingerprint density at radius 3 is 1.84 bits per heavy atom. The van der Waals surface area contributed by atoms with E-state index in [1.807, 2.05) is 0 Å². The second kappa shape index (κ2) is 15.1. The Morgan fingerprint density at radius 2 is 1.09 bits per heavy atom. The lowest BCUT2D eigenvalue weighted by molar-refractivity contribution is 0.590. The Hall–Kier alpha value is -8.34. The Labute approximate surface area is 410 Å². The summed E-state index contributed by atoms with van der Waals surface area (Å²) in [6.45, 7) is 8.91. The van der Waals surface area contributed by atoms with Gasteiger partial charge in [-0.25, -0.2) is 0 Å². The van der Waals surface area contributed by atoms with Crippen LogP contribution in [0.4, 0.5) is 28.4 Å². The maximum absolute atomic E-state index is 7.28. The summed E-state index contributed by atoms with van der Waals surface area (Å²) in [5.74, 6) is 0. The molecule has 0 unspecified atom stereocenters. The molecule has 332 valence electrons. The quantitative estimate of drug-likeness (QED) is 0.161. The molecule has 0 saturated carbocycles. The van der Waals surface area contributed by atoms with Crippen molar-refractivity contribution in [2.24, 2.45) is 0 Å². The second-order valence-electron chi connectivity index (χ2n) is 20.4. The summed E-state index contributed by atoms with van der Waals surface area (Å²) in [6, 6.07) is 83.8. The first-order valence-electron chi connectivity index (χ1n) is 24.6. The first kappa shape index (κ1) is 40.7. The molecular formula is C66H49BN2O. The van der Waals surface area contributed by atoms with Crippen LogP contribution in [0, 0.1) is 6.92 Å². The number of hydrogen-bond donors (Lipinski definition) is 0. The third-order valence-corrected chi connectivity index (χ3v) is 15.6. The summed E-state index contributed by atoms with van der Waals surface area (Å²) in [5.41, 5.74) is 24.1. The zero-order valence-corrected chi connectivity index (χ0v) is 39.7. The van der Waals surface area contributed by atoms with Gasteiger partial charge < -0.3 is 14.1 Å².